The number of amides is 1. The lowest BCUT2D eigenvalue weighted by atomic mass is 9.98. The molecule has 2 rings (SSSR count). The van der Waals surface area contributed by atoms with E-state index in [0.29, 0.717) is 66.0 Å². The number of ether oxygens (including phenoxy) is 6. The molecule has 0 bridgehead atoms. The molecule has 0 aliphatic carbocycles. The van der Waals surface area contributed by atoms with E-state index >= 15 is 0 Å². The maximum absolute atomic E-state index is 14.5. The van der Waals surface area contributed by atoms with Gasteiger partial charge in [-0.3, -0.25) is 0 Å². The van der Waals surface area contributed by atoms with Gasteiger partial charge in [-0.2, -0.15) is 0 Å². The molecule has 9 nitrogen and oxygen atoms in total. The van der Waals surface area contributed by atoms with Gasteiger partial charge in [-0.1, -0.05) is 60.7 Å². The average Bonchev–Trinajstić information content (AvgIpc) is 2.95. The number of hydrogen-bond donors (Lipinski definition) is 2. The topological polar surface area (TPSA) is 96.5 Å². The van der Waals surface area contributed by atoms with E-state index in [0.717, 1.165) is 11.1 Å². The first-order chi connectivity index (χ1) is 19.8. The highest BCUT2D eigenvalue weighted by molar-refractivity contribution is 5.67. The monoisotopic (exact) mass is 578 g/mol. The summed E-state index contributed by atoms with van der Waals surface area (Å²) < 4.78 is 46.8. The molecule has 2 aromatic carbocycles. The maximum atomic E-state index is 14.5. The van der Waals surface area contributed by atoms with Crippen LogP contribution in [0.2, 0.25) is 0 Å². The lowest BCUT2D eigenvalue weighted by molar-refractivity contribution is -0.0148. The smallest absolute Gasteiger partial charge is 0.407 e. The second-order valence-corrected chi connectivity index (χ2v) is 10.2. The predicted octanol–water partition coefficient (Wildman–Crippen LogP) is 4.31. The molecule has 1 atom stereocenters. The zero-order chi connectivity index (χ0) is 29.6. The average molecular weight is 579 g/mol. The number of alkyl halides is 1. The Morgan fingerprint density at radius 3 is 1.61 bits per heavy atom. The standard InChI is InChI=1S/C31H47FN2O7/c1-31(2,3)41-30(35)33-14-15-36-16-17-37-18-19-38-20-21-39-22-23-40-25-28(32)24-34-29(26-10-6-4-7-11-26)27-12-8-5-9-13-27/h4-13,28-29,34H,14-25H2,1-3H3,(H,33,35). The molecule has 2 aromatic rings. The van der Waals surface area contributed by atoms with E-state index in [4.69, 9.17) is 28.4 Å². The van der Waals surface area contributed by atoms with Gasteiger partial charge in [0.15, 0.2) is 0 Å². The highest BCUT2D eigenvalue weighted by Gasteiger charge is 2.16. The molecule has 2 N–H and O–H groups in total. The molecule has 0 spiro atoms. The van der Waals surface area contributed by atoms with Crippen molar-refractivity contribution in [1.29, 1.82) is 0 Å². The van der Waals surface area contributed by atoms with Gasteiger partial charge in [-0.05, 0) is 31.9 Å². The van der Waals surface area contributed by atoms with E-state index in [1.807, 2.05) is 81.4 Å². The zero-order valence-electron chi connectivity index (χ0n) is 24.6. The van der Waals surface area contributed by atoms with Gasteiger partial charge in [-0.25, -0.2) is 9.18 Å². The summed E-state index contributed by atoms with van der Waals surface area (Å²) in [7, 11) is 0. The fourth-order valence-electron chi connectivity index (χ4n) is 3.65. The highest BCUT2D eigenvalue weighted by atomic mass is 19.1. The summed E-state index contributed by atoms with van der Waals surface area (Å²) in [5, 5.41) is 5.95. The Morgan fingerprint density at radius 1 is 0.707 bits per heavy atom. The van der Waals surface area contributed by atoms with Crippen LogP contribution in [0.5, 0.6) is 0 Å². The van der Waals surface area contributed by atoms with Gasteiger partial charge in [0.05, 0.1) is 72.1 Å². The van der Waals surface area contributed by atoms with Crippen molar-refractivity contribution in [2.45, 2.75) is 38.6 Å². The Balaban J connectivity index is 1.37. The van der Waals surface area contributed by atoms with Gasteiger partial charge >= 0.3 is 6.09 Å². The molecule has 0 heterocycles. The Kier molecular flexibility index (Phi) is 17.9. The van der Waals surface area contributed by atoms with E-state index in [9.17, 15) is 9.18 Å². The molecule has 1 unspecified atom stereocenters. The number of alkyl carbamates (subject to hydrolysis) is 1. The lowest BCUT2D eigenvalue weighted by Gasteiger charge is -2.21. The summed E-state index contributed by atoms with van der Waals surface area (Å²) in [6, 6.07) is 19.9. The van der Waals surface area contributed by atoms with Crippen LogP contribution in [0.1, 0.15) is 37.9 Å². The van der Waals surface area contributed by atoms with Gasteiger partial charge in [0.1, 0.15) is 11.8 Å². The summed E-state index contributed by atoms with van der Waals surface area (Å²) in [4.78, 5) is 11.5. The largest absolute Gasteiger partial charge is 0.444 e. The van der Waals surface area contributed by atoms with Crippen LogP contribution < -0.4 is 10.6 Å². The molecule has 1 amide bonds. The highest BCUT2D eigenvalue weighted by Crippen LogP contribution is 2.21. The molecule has 230 valence electrons. The quantitative estimate of drug-likeness (QED) is 0.200. The molecular weight excluding hydrogens is 531 g/mol. The van der Waals surface area contributed by atoms with Crippen molar-refractivity contribution in [2.24, 2.45) is 0 Å². The minimum Gasteiger partial charge on any atom is -0.444 e. The van der Waals surface area contributed by atoms with Crippen LogP contribution in [0.25, 0.3) is 0 Å². The third kappa shape index (κ3) is 17.7. The summed E-state index contributed by atoms with van der Waals surface area (Å²) >= 11 is 0. The first-order valence-electron chi connectivity index (χ1n) is 14.2. The summed E-state index contributed by atoms with van der Waals surface area (Å²) in [6.07, 6.45) is -1.59. The Labute approximate surface area is 244 Å². The van der Waals surface area contributed by atoms with Gasteiger partial charge < -0.3 is 39.1 Å². The summed E-state index contributed by atoms with van der Waals surface area (Å²) in [5.41, 5.74) is 1.66. The van der Waals surface area contributed by atoms with Crippen molar-refractivity contribution < 1.29 is 37.6 Å². The molecule has 10 heteroatoms. The fraction of sp³-hybridized carbons (Fsp3) is 0.581. The van der Waals surface area contributed by atoms with Crippen molar-refractivity contribution in [3.05, 3.63) is 71.8 Å². The van der Waals surface area contributed by atoms with Crippen molar-refractivity contribution in [1.82, 2.24) is 10.6 Å². The van der Waals surface area contributed by atoms with E-state index in [1.165, 1.54) is 0 Å². The maximum Gasteiger partial charge on any atom is 0.407 e. The minimum absolute atomic E-state index is 0.00443. The van der Waals surface area contributed by atoms with Crippen LogP contribution in [0.3, 0.4) is 0 Å². The molecule has 0 aliphatic heterocycles. The number of rotatable bonds is 22. The van der Waals surface area contributed by atoms with Crippen LogP contribution >= 0.6 is 0 Å². The third-order valence-corrected chi connectivity index (χ3v) is 5.51. The fourth-order valence-corrected chi connectivity index (χ4v) is 3.65. The normalized spacial score (nSPS) is 12.4. The van der Waals surface area contributed by atoms with Gasteiger partial charge in [0.2, 0.25) is 0 Å². The van der Waals surface area contributed by atoms with E-state index in [2.05, 4.69) is 10.6 Å². The van der Waals surface area contributed by atoms with Crippen molar-refractivity contribution in [3.8, 4) is 0 Å². The van der Waals surface area contributed by atoms with Crippen LogP contribution in [0.15, 0.2) is 60.7 Å². The van der Waals surface area contributed by atoms with Crippen LogP contribution in [-0.2, 0) is 28.4 Å². The molecule has 0 aromatic heterocycles. The van der Waals surface area contributed by atoms with Crippen LogP contribution in [-0.4, -0.2) is 97.0 Å². The first-order valence-corrected chi connectivity index (χ1v) is 14.2. The number of benzene rings is 2. The van der Waals surface area contributed by atoms with Crippen LogP contribution in [0, 0.1) is 0 Å². The van der Waals surface area contributed by atoms with Crippen LogP contribution in [0.4, 0.5) is 9.18 Å². The molecule has 0 aliphatic rings. The molecule has 0 radical (unpaired) electrons. The number of hydrogen-bond acceptors (Lipinski definition) is 8. The lowest BCUT2D eigenvalue weighted by Crippen LogP contribution is -2.34. The number of halogens is 1. The van der Waals surface area contributed by atoms with E-state index in [-0.39, 0.29) is 19.2 Å². The predicted molar refractivity (Wildman–Crippen MR) is 156 cm³/mol. The molecule has 41 heavy (non-hydrogen) atoms. The molecule has 0 fully saturated rings. The molecular formula is C31H47FN2O7. The molecule has 0 saturated heterocycles. The minimum atomic E-state index is -1.13. The second kappa shape index (κ2) is 21.2. The first kappa shape index (κ1) is 34.6. The Bertz CT molecular complexity index is 876. The Morgan fingerprint density at radius 2 is 1.15 bits per heavy atom. The van der Waals surface area contributed by atoms with Crippen molar-refractivity contribution in [2.75, 3.05) is 79.2 Å². The SMILES string of the molecule is CC(C)(C)OC(=O)NCCOCCOCCOCCOCCOCC(F)CNC(c1ccccc1)c1ccccc1. The van der Waals surface area contributed by atoms with E-state index < -0.39 is 17.9 Å². The van der Waals surface area contributed by atoms with Gasteiger partial charge in [0.25, 0.3) is 0 Å². The number of carbonyl (C=O) groups excluding carboxylic acids is 1. The number of nitrogens with one attached hydrogen (secondary N) is 2. The van der Waals surface area contributed by atoms with Crippen molar-refractivity contribution >= 4 is 6.09 Å². The van der Waals surface area contributed by atoms with Gasteiger partial charge in [-0.15, -0.1) is 0 Å². The zero-order valence-corrected chi connectivity index (χ0v) is 24.6. The summed E-state index contributed by atoms with van der Waals surface area (Å²) in [5.74, 6) is 0. The summed E-state index contributed by atoms with van der Waals surface area (Å²) in [6.45, 7) is 9.69. The Hall–Kier alpha value is -2.60. The molecule has 0 saturated carbocycles. The second-order valence-electron chi connectivity index (χ2n) is 10.2. The van der Waals surface area contributed by atoms with Gasteiger partial charge in [0, 0.05) is 13.1 Å². The van der Waals surface area contributed by atoms with E-state index in [1.54, 1.807) is 0 Å². The third-order valence-electron chi connectivity index (χ3n) is 5.51. The number of carbonyl (C=O) groups is 1. The van der Waals surface area contributed by atoms with Crippen molar-refractivity contribution in [3.63, 3.8) is 0 Å².